The molecular weight excluding hydrogens is 416 g/mol. The van der Waals surface area contributed by atoms with Crippen molar-refractivity contribution in [3.63, 3.8) is 0 Å². The number of carbonyl (C=O) groups excluding carboxylic acids is 2. The first-order valence-electron chi connectivity index (χ1n) is 10.3. The summed E-state index contributed by atoms with van der Waals surface area (Å²) in [5.41, 5.74) is 2.61. The Labute approximate surface area is 185 Å². The highest BCUT2D eigenvalue weighted by atomic mass is 35.5. The van der Waals surface area contributed by atoms with Crippen LogP contribution >= 0.6 is 11.6 Å². The summed E-state index contributed by atoms with van der Waals surface area (Å²) >= 11 is 6.08. The van der Waals surface area contributed by atoms with Gasteiger partial charge < -0.3 is 15.7 Å². The summed E-state index contributed by atoms with van der Waals surface area (Å²) in [7, 11) is 0. The Hall–Kier alpha value is -3.32. The van der Waals surface area contributed by atoms with Crippen LogP contribution in [0.5, 0.6) is 5.75 Å². The Balaban J connectivity index is 1.60. The second kappa shape index (κ2) is 8.81. The number of carbonyl (C=O) groups is 2. The molecule has 1 fully saturated rings. The molecule has 0 unspecified atom stereocenters. The van der Waals surface area contributed by atoms with E-state index in [4.69, 9.17) is 11.6 Å². The molecule has 2 amide bonds. The van der Waals surface area contributed by atoms with Crippen LogP contribution in [0, 0.1) is 0 Å². The summed E-state index contributed by atoms with van der Waals surface area (Å²) in [5, 5.41) is 20.9. The Bertz CT molecular complexity index is 1140. The summed E-state index contributed by atoms with van der Waals surface area (Å²) in [5.74, 6) is -0.122. The van der Waals surface area contributed by atoms with E-state index in [0.717, 1.165) is 25.0 Å². The number of amides is 2. The molecule has 31 heavy (non-hydrogen) atoms. The largest absolute Gasteiger partial charge is 0.507 e. The Morgan fingerprint density at radius 3 is 2.61 bits per heavy atom. The highest BCUT2D eigenvalue weighted by molar-refractivity contribution is 6.34. The number of nitrogens with one attached hydrogen (secondary N) is 2. The van der Waals surface area contributed by atoms with Crippen LogP contribution in [0.25, 0.3) is 11.3 Å². The SMILES string of the molecule is CCNC(=O)n1nc(-c2ccc(NC(=O)c3ccccc3Cl)cc2O)cc1C1CCC1. The zero-order valence-corrected chi connectivity index (χ0v) is 17.8. The van der Waals surface area contributed by atoms with Crippen molar-refractivity contribution in [1.82, 2.24) is 15.1 Å². The standard InChI is InChI=1S/C23H23ClN4O3/c1-2-25-23(31)28-20(14-6-5-7-14)13-19(27-28)17-11-10-15(12-21(17)29)26-22(30)16-8-3-4-9-18(16)24/h3-4,8-14,29H,2,5-7H2,1H3,(H,25,31)(H,26,30). The maximum atomic E-state index is 12.5. The fourth-order valence-corrected chi connectivity index (χ4v) is 3.80. The van der Waals surface area contributed by atoms with E-state index in [1.807, 2.05) is 13.0 Å². The van der Waals surface area contributed by atoms with Crippen LogP contribution in [0.2, 0.25) is 5.02 Å². The highest BCUT2D eigenvalue weighted by Crippen LogP contribution is 2.39. The lowest BCUT2D eigenvalue weighted by atomic mass is 9.82. The van der Waals surface area contributed by atoms with Crippen LogP contribution in [-0.2, 0) is 0 Å². The van der Waals surface area contributed by atoms with Crippen LogP contribution in [0.15, 0.2) is 48.5 Å². The van der Waals surface area contributed by atoms with Crippen molar-refractivity contribution in [3.8, 4) is 17.0 Å². The molecule has 4 rings (SSSR count). The van der Waals surface area contributed by atoms with Crippen LogP contribution < -0.4 is 10.6 Å². The van der Waals surface area contributed by atoms with Crippen molar-refractivity contribution in [1.29, 1.82) is 0 Å². The number of aromatic nitrogens is 2. The predicted molar refractivity (Wildman–Crippen MR) is 120 cm³/mol. The van der Waals surface area contributed by atoms with Crippen molar-refractivity contribution >= 4 is 29.2 Å². The zero-order valence-electron chi connectivity index (χ0n) is 17.1. The maximum Gasteiger partial charge on any atom is 0.342 e. The minimum atomic E-state index is -0.370. The van der Waals surface area contributed by atoms with Crippen molar-refractivity contribution < 1.29 is 14.7 Å². The molecule has 1 aromatic heterocycles. The lowest BCUT2D eigenvalue weighted by Gasteiger charge is -2.25. The number of phenolic OH excluding ortho intramolecular Hbond substituents is 1. The van der Waals surface area contributed by atoms with Gasteiger partial charge in [-0.1, -0.05) is 30.2 Å². The van der Waals surface area contributed by atoms with Crippen molar-refractivity contribution in [2.75, 3.05) is 11.9 Å². The molecular formula is C23H23ClN4O3. The van der Waals surface area contributed by atoms with Gasteiger partial charge in [0.2, 0.25) is 0 Å². The molecule has 3 aromatic rings. The van der Waals surface area contributed by atoms with E-state index in [-0.39, 0.29) is 17.7 Å². The number of aromatic hydroxyl groups is 1. The average molecular weight is 439 g/mol. The van der Waals surface area contributed by atoms with Crippen molar-refractivity contribution in [2.24, 2.45) is 0 Å². The van der Waals surface area contributed by atoms with Gasteiger partial charge in [0.25, 0.3) is 5.91 Å². The van der Waals surface area contributed by atoms with E-state index in [1.165, 1.54) is 10.7 Å². The Kier molecular flexibility index (Phi) is 5.95. The molecule has 0 aliphatic heterocycles. The molecule has 1 aliphatic rings. The van der Waals surface area contributed by atoms with Gasteiger partial charge in [0, 0.05) is 29.8 Å². The molecule has 0 saturated heterocycles. The first-order valence-corrected chi connectivity index (χ1v) is 10.6. The molecule has 0 radical (unpaired) electrons. The average Bonchev–Trinajstić information content (AvgIpc) is 3.11. The van der Waals surface area contributed by atoms with E-state index in [1.54, 1.807) is 36.4 Å². The minimum Gasteiger partial charge on any atom is -0.507 e. The van der Waals surface area contributed by atoms with E-state index in [0.29, 0.717) is 40.0 Å². The summed E-state index contributed by atoms with van der Waals surface area (Å²) in [6, 6.07) is 13.1. The lowest BCUT2D eigenvalue weighted by Crippen LogP contribution is -2.31. The normalized spacial score (nSPS) is 13.5. The molecule has 0 bridgehead atoms. The second-order valence-corrected chi connectivity index (χ2v) is 7.90. The van der Waals surface area contributed by atoms with Crippen LogP contribution in [-0.4, -0.2) is 33.4 Å². The summed E-state index contributed by atoms with van der Waals surface area (Å²) in [6.07, 6.45) is 3.17. The van der Waals surface area contributed by atoms with Crippen molar-refractivity contribution in [3.05, 3.63) is 64.8 Å². The molecule has 7 nitrogen and oxygen atoms in total. The van der Waals surface area contributed by atoms with E-state index in [2.05, 4.69) is 15.7 Å². The van der Waals surface area contributed by atoms with Gasteiger partial charge in [-0.25, -0.2) is 4.79 Å². The molecule has 0 spiro atoms. The first-order chi connectivity index (χ1) is 15.0. The summed E-state index contributed by atoms with van der Waals surface area (Å²) in [4.78, 5) is 24.9. The molecule has 3 N–H and O–H groups in total. The molecule has 1 heterocycles. The van der Waals surface area contributed by atoms with Gasteiger partial charge in [-0.15, -0.1) is 0 Å². The molecule has 2 aromatic carbocycles. The summed E-state index contributed by atoms with van der Waals surface area (Å²) in [6.45, 7) is 2.36. The number of benzene rings is 2. The fourth-order valence-electron chi connectivity index (χ4n) is 3.58. The Morgan fingerprint density at radius 1 is 1.19 bits per heavy atom. The molecule has 1 aliphatic carbocycles. The molecule has 8 heteroatoms. The van der Waals surface area contributed by atoms with Gasteiger partial charge >= 0.3 is 6.03 Å². The zero-order chi connectivity index (χ0) is 22.0. The number of hydrogen-bond donors (Lipinski definition) is 3. The molecule has 160 valence electrons. The topological polar surface area (TPSA) is 96.3 Å². The second-order valence-electron chi connectivity index (χ2n) is 7.50. The lowest BCUT2D eigenvalue weighted by molar-refractivity contribution is 0.102. The third kappa shape index (κ3) is 4.27. The van der Waals surface area contributed by atoms with Crippen LogP contribution in [0.1, 0.15) is 48.2 Å². The third-order valence-corrected chi connectivity index (χ3v) is 5.76. The quantitative estimate of drug-likeness (QED) is 0.521. The number of nitrogens with zero attached hydrogens (tertiary/aromatic N) is 2. The van der Waals surface area contributed by atoms with E-state index >= 15 is 0 Å². The van der Waals surface area contributed by atoms with Crippen molar-refractivity contribution in [2.45, 2.75) is 32.1 Å². The van der Waals surface area contributed by atoms with E-state index in [9.17, 15) is 14.7 Å². The van der Waals surface area contributed by atoms with Crippen LogP contribution in [0.4, 0.5) is 10.5 Å². The number of hydrogen-bond acceptors (Lipinski definition) is 4. The Morgan fingerprint density at radius 2 is 1.97 bits per heavy atom. The summed E-state index contributed by atoms with van der Waals surface area (Å²) < 4.78 is 1.40. The van der Waals surface area contributed by atoms with Gasteiger partial charge in [0.05, 0.1) is 22.0 Å². The number of rotatable bonds is 5. The minimum absolute atomic E-state index is 0.0438. The van der Waals surface area contributed by atoms with Gasteiger partial charge in [0.1, 0.15) is 5.75 Å². The highest BCUT2D eigenvalue weighted by Gasteiger charge is 2.27. The number of halogens is 1. The van der Waals surface area contributed by atoms with Gasteiger partial charge in [-0.2, -0.15) is 9.78 Å². The number of anilines is 1. The van der Waals surface area contributed by atoms with Crippen LogP contribution in [0.3, 0.4) is 0 Å². The van der Waals surface area contributed by atoms with Gasteiger partial charge in [-0.3, -0.25) is 4.79 Å². The van der Waals surface area contributed by atoms with Gasteiger partial charge in [0.15, 0.2) is 0 Å². The molecule has 0 atom stereocenters. The first kappa shape index (κ1) is 20.9. The monoisotopic (exact) mass is 438 g/mol. The van der Waals surface area contributed by atoms with Gasteiger partial charge in [-0.05, 0) is 50.1 Å². The fraction of sp³-hybridized carbons (Fsp3) is 0.261. The smallest absolute Gasteiger partial charge is 0.342 e. The third-order valence-electron chi connectivity index (χ3n) is 5.43. The molecule has 1 saturated carbocycles. The van der Waals surface area contributed by atoms with E-state index < -0.39 is 0 Å². The predicted octanol–water partition coefficient (Wildman–Crippen LogP) is 5.01. The maximum absolute atomic E-state index is 12.5. The number of phenols is 1.